The van der Waals surface area contributed by atoms with E-state index in [0.29, 0.717) is 27.9 Å². The van der Waals surface area contributed by atoms with E-state index < -0.39 is 17.2 Å². The van der Waals surface area contributed by atoms with Gasteiger partial charge in [0.05, 0.1) is 7.11 Å². The van der Waals surface area contributed by atoms with Gasteiger partial charge in [-0.1, -0.05) is 36.4 Å². The Kier molecular flexibility index (Phi) is 4.81. The monoisotopic (exact) mass is 403 g/mol. The average Bonchev–Trinajstić information content (AvgIpc) is 2.74. The summed E-state index contributed by atoms with van der Waals surface area (Å²) in [5.74, 6) is -0.804. The fraction of sp³-hybridized carbons (Fsp3) is 0.0455. The summed E-state index contributed by atoms with van der Waals surface area (Å²) in [7, 11) is 1.45. The van der Waals surface area contributed by atoms with Crippen LogP contribution in [0.5, 0.6) is 17.2 Å². The molecule has 0 aliphatic heterocycles. The third-order valence-electron chi connectivity index (χ3n) is 4.59. The summed E-state index contributed by atoms with van der Waals surface area (Å²) < 4.78 is 6.24. The van der Waals surface area contributed by atoms with Gasteiger partial charge >= 0.3 is 0 Å². The molecule has 150 valence electrons. The van der Waals surface area contributed by atoms with Crippen LogP contribution < -0.4 is 15.6 Å². The first-order valence-electron chi connectivity index (χ1n) is 8.98. The van der Waals surface area contributed by atoms with Gasteiger partial charge in [0.1, 0.15) is 17.2 Å². The van der Waals surface area contributed by atoms with Gasteiger partial charge in [0.15, 0.2) is 11.4 Å². The lowest BCUT2D eigenvalue weighted by molar-refractivity contribution is 0.101. The van der Waals surface area contributed by atoms with E-state index in [1.54, 1.807) is 60.7 Å². The van der Waals surface area contributed by atoms with Gasteiger partial charge in [-0.05, 0) is 24.3 Å². The van der Waals surface area contributed by atoms with E-state index in [1.807, 2.05) is 0 Å². The number of carbonyl (C=O) groups excluding carboxylic acids is 1. The molecular formula is C22H17N3O5. The van der Waals surface area contributed by atoms with E-state index in [2.05, 4.69) is 10.4 Å². The van der Waals surface area contributed by atoms with Crippen LogP contribution in [-0.4, -0.2) is 33.0 Å². The van der Waals surface area contributed by atoms with Gasteiger partial charge in [-0.15, -0.1) is 0 Å². The number of para-hydroxylation sites is 2. The molecule has 8 nitrogen and oxygen atoms in total. The maximum Gasteiger partial charge on any atom is 0.280 e. The zero-order valence-corrected chi connectivity index (χ0v) is 15.9. The molecule has 0 aliphatic rings. The van der Waals surface area contributed by atoms with Crippen molar-refractivity contribution >= 4 is 22.4 Å². The predicted molar refractivity (Wildman–Crippen MR) is 112 cm³/mol. The fourth-order valence-corrected chi connectivity index (χ4v) is 3.17. The maximum absolute atomic E-state index is 12.9. The second-order valence-corrected chi connectivity index (χ2v) is 6.43. The third-order valence-corrected chi connectivity index (χ3v) is 4.59. The zero-order chi connectivity index (χ0) is 21.3. The quantitative estimate of drug-likeness (QED) is 0.483. The topological polar surface area (TPSA) is 114 Å². The predicted octanol–water partition coefficient (Wildman–Crippen LogP) is 3.06. The van der Waals surface area contributed by atoms with E-state index in [-0.39, 0.29) is 11.4 Å². The number of hydrogen-bond acceptors (Lipinski definition) is 6. The summed E-state index contributed by atoms with van der Waals surface area (Å²) in [5, 5.41) is 28.1. The molecule has 0 spiro atoms. The van der Waals surface area contributed by atoms with Gasteiger partial charge in [-0.25, -0.2) is 0 Å². The molecule has 30 heavy (non-hydrogen) atoms. The molecule has 1 heterocycles. The molecule has 1 amide bonds. The number of anilines is 1. The summed E-state index contributed by atoms with van der Waals surface area (Å²) in [4.78, 5) is 25.2. The van der Waals surface area contributed by atoms with Gasteiger partial charge in [0, 0.05) is 22.5 Å². The van der Waals surface area contributed by atoms with E-state index in [1.165, 1.54) is 7.11 Å². The first-order valence-corrected chi connectivity index (χ1v) is 8.98. The van der Waals surface area contributed by atoms with Gasteiger partial charge in [0.2, 0.25) is 0 Å². The Labute approximate surface area is 170 Å². The third kappa shape index (κ3) is 3.30. The van der Waals surface area contributed by atoms with E-state index in [4.69, 9.17) is 4.74 Å². The molecule has 0 unspecified atom stereocenters. The van der Waals surface area contributed by atoms with Crippen molar-refractivity contribution in [3.63, 3.8) is 0 Å². The number of aromatic nitrogens is 2. The molecule has 4 aromatic rings. The number of phenols is 1. The Bertz CT molecular complexity index is 1330. The number of aromatic hydroxyl groups is 2. The Morgan fingerprint density at radius 1 is 0.967 bits per heavy atom. The lowest BCUT2D eigenvalue weighted by Gasteiger charge is -2.13. The van der Waals surface area contributed by atoms with Crippen molar-refractivity contribution < 1.29 is 19.7 Å². The Balaban J connectivity index is 1.77. The molecule has 0 bridgehead atoms. The largest absolute Gasteiger partial charge is 0.507 e. The minimum atomic E-state index is -0.716. The molecule has 1 aromatic heterocycles. The second-order valence-electron chi connectivity index (χ2n) is 6.43. The minimum Gasteiger partial charge on any atom is -0.507 e. The highest BCUT2D eigenvalue weighted by Crippen LogP contribution is 2.30. The SMILES string of the molecule is COc1ccccc1-n1nc(C(=O)Nc2cccc3c(O)cccc23)c(O)cc1=O. The van der Waals surface area contributed by atoms with Gasteiger partial charge in [0.25, 0.3) is 11.5 Å². The smallest absolute Gasteiger partial charge is 0.280 e. The van der Waals surface area contributed by atoms with E-state index >= 15 is 0 Å². The molecule has 0 saturated carbocycles. The molecule has 0 atom stereocenters. The Hall–Kier alpha value is -4.33. The van der Waals surface area contributed by atoms with Crippen LogP contribution >= 0.6 is 0 Å². The van der Waals surface area contributed by atoms with Crippen molar-refractivity contribution in [3.05, 3.63) is 82.8 Å². The van der Waals surface area contributed by atoms with Crippen LogP contribution in [0.15, 0.2) is 71.5 Å². The van der Waals surface area contributed by atoms with Crippen LogP contribution in [0.3, 0.4) is 0 Å². The Morgan fingerprint density at radius 3 is 2.50 bits per heavy atom. The summed E-state index contributed by atoms with van der Waals surface area (Å²) in [6.07, 6.45) is 0. The van der Waals surface area contributed by atoms with Gasteiger partial charge in [-0.3, -0.25) is 9.59 Å². The second kappa shape index (κ2) is 7.59. The molecule has 0 fully saturated rings. The number of amides is 1. The van der Waals surface area contributed by atoms with Crippen molar-refractivity contribution in [1.82, 2.24) is 9.78 Å². The van der Waals surface area contributed by atoms with Crippen molar-refractivity contribution in [2.24, 2.45) is 0 Å². The summed E-state index contributed by atoms with van der Waals surface area (Å²) in [6.45, 7) is 0. The highest BCUT2D eigenvalue weighted by molar-refractivity contribution is 6.10. The normalized spacial score (nSPS) is 10.7. The molecular weight excluding hydrogens is 386 g/mol. The average molecular weight is 403 g/mol. The van der Waals surface area contributed by atoms with Crippen LogP contribution in [0.4, 0.5) is 5.69 Å². The minimum absolute atomic E-state index is 0.0780. The maximum atomic E-state index is 12.9. The molecule has 0 aliphatic carbocycles. The van der Waals surface area contributed by atoms with Crippen molar-refractivity contribution in [2.45, 2.75) is 0 Å². The van der Waals surface area contributed by atoms with Gasteiger partial charge in [-0.2, -0.15) is 9.78 Å². The van der Waals surface area contributed by atoms with Crippen LogP contribution in [0.1, 0.15) is 10.5 Å². The molecule has 4 rings (SSSR count). The number of nitrogens with zero attached hydrogens (tertiary/aromatic N) is 2. The first kappa shape index (κ1) is 19.0. The lowest BCUT2D eigenvalue weighted by atomic mass is 10.1. The van der Waals surface area contributed by atoms with Crippen molar-refractivity contribution in [3.8, 4) is 22.9 Å². The van der Waals surface area contributed by atoms with E-state index in [0.717, 1.165) is 10.7 Å². The van der Waals surface area contributed by atoms with Crippen LogP contribution in [-0.2, 0) is 0 Å². The highest BCUT2D eigenvalue weighted by Gasteiger charge is 2.19. The number of benzene rings is 3. The lowest BCUT2D eigenvalue weighted by Crippen LogP contribution is -2.25. The highest BCUT2D eigenvalue weighted by atomic mass is 16.5. The number of phenolic OH excluding ortho intramolecular Hbond substituents is 1. The number of nitrogens with one attached hydrogen (secondary N) is 1. The molecule has 3 N–H and O–H groups in total. The standard InChI is InChI=1S/C22H17N3O5/c1-30-19-11-3-2-9-16(19)25-20(28)12-18(27)21(24-25)22(29)23-15-8-4-7-14-13(15)6-5-10-17(14)26/h2-12,26-27H,1H3,(H,23,29). The zero-order valence-electron chi connectivity index (χ0n) is 15.9. The van der Waals surface area contributed by atoms with E-state index in [9.17, 15) is 19.8 Å². The number of rotatable bonds is 4. The van der Waals surface area contributed by atoms with Crippen molar-refractivity contribution in [1.29, 1.82) is 0 Å². The number of ether oxygens (including phenoxy) is 1. The first-order chi connectivity index (χ1) is 14.5. The number of fused-ring (bicyclic) bond motifs is 1. The number of hydrogen-bond donors (Lipinski definition) is 3. The summed E-state index contributed by atoms with van der Waals surface area (Å²) >= 11 is 0. The Morgan fingerprint density at radius 2 is 1.70 bits per heavy atom. The van der Waals surface area contributed by atoms with Crippen LogP contribution in [0.2, 0.25) is 0 Å². The van der Waals surface area contributed by atoms with Crippen LogP contribution in [0.25, 0.3) is 16.5 Å². The molecule has 3 aromatic carbocycles. The summed E-state index contributed by atoms with van der Waals surface area (Å²) in [5.41, 5.74) is -0.208. The number of carbonyl (C=O) groups is 1. The van der Waals surface area contributed by atoms with Gasteiger partial charge < -0.3 is 20.3 Å². The number of methoxy groups -OCH3 is 1. The fourth-order valence-electron chi connectivity index (χ4n) is 3.17. The van der Waals surface area contributed by atoms with Crippen molar-refractivity contribution in [2.75, 3.05) is 12.4 Å². The van der Waals surface area contributed by atoms with Crippen LogP contribution in [0, 0.1) is 0 Å². The summed E-state index contributed by atoms with van der Waals surface area (Å²) in [6, 6.07) is 17.6. The molecule has 8 heteroatoms. The molecule has 0 saturated heterocycles. The molecule has 0 radical (unpaired) electrons.